The van der Waals surface area contributed by atoms with E-state index in [1.165, 1.54) is 6.33 Å². The van der Waals surface area contributed by atoms with Crippen LogP contribution in [0.3, 0.4) is 0 Å². The fourth-order valence-electron chi connectivity index (χ4n) is 2.80. The third-order valence-electron chi connectivity index (χ3n) is 4.53. The second-order valence-electron chi connectivity index (χ2n) is 6.45. The van der Waals surface area contributed by atoms with E-state index in [1.54, 1.807) is 18.2 Å². The second kappa shape index (κ2) is 8.75. The highest BCUT2D eigenvalue weighted by Gasteiger charge is 2.21. The minimum Gasteiger partial charge on any atom is -0.492 e. The third-order valence-corrected chi connectivity index (χ3v) is 6.14. The Morgan fingerprint density at radius 1 is 1.31 bits per heavy atom. The van der Waals surface area contributed by atoms with Crippen LogP contribution in [0.25, 0.3) is 10.2 Å². The molecule has 0 aliphatic rings. The number of primary amides is 1. The average molecular weight is 433 g/mol. The quantitative estimate of drug-likeness (QED) is 0.494. The van der Waals surface area contributed by atoms with Crippen LogP contribution < -0.4 is 15.8 Å². The monoisotopic (exact) mass is 432 g/mol. The fraction of sp³-hybridized carbons (Fsp3) is 0.300. The van der Waals surface area contributed by atoms with Crippen molar-refractivity contribution < 1.29 is 14.3 Å². The lowest BCUT2D eigenvalue weighted by Gasteiger charge is -2.15. The second-order valence-corrected chi connectivity index (χ2v) is 7.83. The highest BCUT2D eigenvalue weighted by atomic mass is 35.5. The number of carbonyl (C=O) groups is 2. The molecule has 1 amide bonds. The van der Waals surface area contributed by atoms with Gasteiger partial charge in [0.25, 0.3) is 5.91 Å². The number of nitrogens with zero attached hydrogens (tertiary/aromatic N) is 2. The molecule has 29 heavy (non-hydrogen) atoms. The number of hydrogen-bond acceptors (Lipinski definition) is 7. The highest BCUT2D eigenvalue weighted by molar-refractivity contribution is 7.21. The van der Waals surface area contributed by atoms with Crippen molar-refractivity contribution in [1.29, 1.82) is 0 Å². The maximum Gasteiger partial charge on any atom is 0.260 e. The van der Waals surface area contributed by atoms with Crippen LogP contribution in [-0.4, -0.2) is 28.3 Å². The molecular weight excluding hydrogens is 412 g/mol. The van der Waals surface area contributed by atoms with Gasteiger partial charge in [0.2, 0.25) is 0 Å². The number of rotatable bonds is 8. The zero-order chi connectivity index (χ0) is 21.1. The number of anilines is 2. The van der Waals surface area contributed by atoms with Gasteiger partial charge in [-0.1, -0.05) is 25.4 Å². The van der Waals surface area contributed by atoms with E-state index >= 15 is 0 Å². The van der Waals surface area contributed by atoms with Gasteiger partial charge in [0.1, 0.15) is 27.6 Å². The number of nitrogens with one attached hydrogen (secondary N) is 1. The number of hydrogen-bond donors (Lipinski definition) is 2. The van der Waals surface area contributed by atoms with Crippen molar-refractivity contribution in [1.82, 2.24) is 9.97 Å². The Morgan fingerprint density at radius 3 is 2.72 bits per heavy atom. The van der Waals surface area contributed by atoms with Crippen molar-refractivity contribution in [2.24, 2.45) is 11.7 Å². The van der Waals surface area contributed by atoms with Gasteiger partial charge >= 0.3 is 0 Å². The lowest BCUT2D eigenvalue weighted by atomic mass is 9.97. The van der Waals surface area contributed by atoms with Gasteiger partial charge in [0.05, 0.1) is 22.7 Å². The van der Waals surface area contributed by atoms with Crippen LogP contribution in [-0.2, 0) is 0 Å². The molecule has 2 aromatic heterocycles. The summed E-state index contributed by atoms with van der Waals surface area (Å²) in [6.45, 7) is 6.18. The van der Waals surface area contributed by atoms with Crippen molar-refractivity contribution in [2.45, 2.75) is 27.2 Å². The van der Waals surface area contributed by atoms with Crippen molar-refractivity contribution in [3.63, 3.8) is 0 Å². The first-order chi connectivity index (χ1) is 13.9. The zero-order valence-electron chi connectivity index (χ0n) is 16.3. The molecule has 1 atom stereocenters. The number of thiophene rings is 1. The summed E-state index contributed by atoms with van der Waals surface area (Å²) in [4.78, 5) is 33.3. The van der Waals surface area contributed by atoms with E-state index in [0.717, 1.165) is 17.8 Å². The topological polar surface area (TPSA) is 107 Å². The van der Waals surface area contributed by atoms with E-state index in [0.29, 0.717) is 39.6 Å². The Labute approximate surface area is 177 Å². The van der Waals surface area contributed by atoms with Gasteiger partial charge in [-0.05, 0) is 31.5 Å². The minimum absolute atomic E-state index is 0.0661. The number of ketones is 1. The van der Waals surface area contributed by atoms with Gasteiger partial charge in [0, 0.05) is 11.5 Å². The van der Waals surface area contributed by atoms with E-state index in [-0.39, 0.29) is 21.6 Å². The molecule has 0 radical (unpaired) electrons. The molecule has 0 aliphatic carbocycles. The van der Waals surface area contributed by atoms with Crippen LogP contribution in [0.15, 0.2) is 24.5 Å². The Balaban J connectivity index is 2.04. The van der Waals surface area contributed by atoms with Gasteiger partial charge < -0.3 is 15.8 Å². The van der Waals surface area contributed by atoms with Crippen LogP contribution in [0.5, 0.6) is 5.75 Å². The first kappa shape index (κ1) is 21.0. The number of Topliss-reactive ketones (excluding diaryl/α,β-unsaturated/α-hetero) is 1. The van der Waals surface area contributed by atoms with Gasteiger partial charge in [-0.3, -0.25) is 9.59 Å². The molecule has 3 aromatic rings. The predicted octanol–water partition coefficient (Wildman–Crippen LogP) is 4.81. The number of benzene rings is 1. The standard InChI is InChI=1S/C20H21ClN4O3S/c1-4-10(3)16(26)11-6-7-12(13(8-11)28-5-2)25-19-14-15(21)17(18(22)27)29-20(14)24-9-23-19/h6-10H,4-5H2,1-3H3,(H2,22,27)(H,23,24,25). The van der Waals surface area contributed by atoms with Crippen molar-refractivity contribution in [3.05, 3.63) is 40.0 Å². The summed E-state index contributed by atoms with van der Waals surface area (Å²) < 4.78 is 5.74. The molecule has 152 valence electrons. The molecule has 0 aliphatic heterocycles. The lowest BCUT2D eigenvalue weighted by molar-refractivity contribution is 0.0926. The van der Waals surface area contributed by atoms with Crippen LogP contribution in [0.4, 0.5) is 11.5 Å². The molecular formula is C20H21ClN4O3S. The number of nitrogens with two attached hydrogens (primary N) is 1. The van der Waals surface area contributed by atoms with Gasteiger partial charge in [-0.25, -0.2) is 9.97 Å². The molecule has 2 heterocycles. The maximum absolute atomic E-state index is 12.5. The lowest BCUT2D eigenvalue weighted by Crippen LogP contribution is -2.11. The molecule has 7 nitrogen and oxygen atoms in total. The van der Waals surface area contributed by atoms with E-state index < -0.39 is 5.91 Å². The van der Waals surface area contributed by atoms with Crippen LogP contribution in [0, 0.1) is 5.92 Å². The SMILES string of the molecule is CCOc1cc(C(=O)C(C)CC)ccc1Nc1ncnc2sc(C(N)=O)c(Cl)c12. The number of carbonyl (C=O) groups excluding carboxylic acids is 2. The van der Waals surface area contributed by atoms with Gasteiger partial charge in [-0.2, -0.15) is 0 Å². The number of amides is 1. The molecule has 1 aromatic carbocycles. The number of halogens is 1. The van der Waals surface area contributed by atoms with E-state index in [1.807, 2.05) is 20.8 Å². The van der Waals surface area contributed by atoms with Crippen molar-refractivity contribution >= 4 is 56.4 Å². The Bertz CT molecular complexity index is 1080. The van der Waals surface area contributed by atoms with E-state index in [9.17, 15) is 9.59 Å². The molecule has 3 N–H and O–H groups in total. The summed E-state index contributed by atoms with van der Waals surface area (Å²) in [5, 5.41) is 3.91. The summed E-state index contributed by atoms with van der Waals surface area (Å²) in [5.74, 6) is 0.325. The Kier molecular flexibility index (Phi) is 6.34. The Morgan fingerprint density at radius 2 is 2.07 bits per heavy atom. The summed E-state index contributed by atoms with van der Waals surface area (Å²) in [6, 6.07) is 5.24. The highest BCUT2D eigenvalue weighted by Crippen LogP contribution is 2.39. The molecule has 9 heteroatoms. The first-order valence-corrected chi connectivity index (χ1v) is 10.4. The summed E-state index contributed by atoms with van der Waals surface area (Å²) in [5.41, 5.74) is 6.60. The molecule has 3 rings (SSSR count). The maximum atomic E-state index is 12.5. The first-order valence-electron chi connectivity index (χ1n) is 9.18. The molecule has 0 saturated heterocycles. The Hall–Kier alpha value is -2.71. The summed E-state index contributed by atoms with van der Waals surface area (Å²) in [7, 11) is 0. The smallest absolute Gasteiger partial charge is 0.260 e. The molecule has 0 bridgehead atoms. The number of ether oxygens (including phenoxy) is 1. The fourth-order valence-corrected chi connectivity index (χ4v) is 4.13. The number of aromatic nitrogens is 2. The third kappa shape index (κ3) is 4.18. The van der Waals surface area contributed by atoms with Gasteiger partial charge in [-0.15, -0.1) is 11.3 Å². The van der Waals surface area contributed by atoms with Gasteiger partial charge in [0.15, 0.2) is 5.78 Å². The zero-order valence-corrected chi connectivity index (χ0v) is 17.9. The molecule has 1 unspecified atom stereocenters. The predicted molar refractivity (Wildman–Crippen MR) is 116 cm³/mol. The van der Waals surface area contributed by atoms with Crippen LogP contribution >= 0.6 is 22.9 Å². The minimum atomic E-state index is -0.619. The van der Waals surface area contributed by atoms with Crippen LogP contribution in [0.1, 0.15) is 47.2 Å². The van der Waals surface area contributed by atoms with Crippen molar-refractivity contribution in [2.75, 3.05) is 11.9 Å². The molecule has 0 fully saturated rings. The van der Waals surface area contributed by atoms with Crippen molar-refractivity contribution in [3.8, 4) is 5.75 Å². The normalized spacial score (nSPS) is 12.0. The largest absolute Gasteiger partial charge is 0.492 e. The van der Waals surface area contributed by atoms with Crippen LogP contribution in [0.2, 0.25) is 5.02 Å². The molecule has 0 saturated carbocycles. The molecule has 0 spiro atoms. The summed E-state index contributed by atoms with van der Waals surface area (Å²) >= 11 is 7.47. The number of fused-ring (bicyclic) bond motifs is 1. The summed E-state index contributed by atoms with van der Waals surface area (Å²) in [6.07, 6.45) is 2.14. The average Bonchev–Trinajstić information content (AvgIpc) is 3.06. The van der Waals surface area contributed by atoms with E-state index in [2.05, 4.69) is 15.3 Å². The van der Waals surface area contributed by atoms with E-state index in [4.69, 9.17) is 22.1 Å².